The number of carbonyl (C=O) groups excluding carboxylic acids is 2. The van der Waals surface area contributed by atoms with E-state index in [-0.39, 0.29) is 24.5 Å². The van der Waals surface area contributed by atoms with Crippen molar-refractivity contribution in [3.8, 4) is 5.75 Å². The highest BCUT2D eigenvalue weighted by Crippen LogP contribution is 2.24. The Labute approximate surface area is 221 Å². The zero-order valence-electron chi connectivity index (χ0n) is 23.0. The van der Waals surface area contributed by atoms with Crippen molar-refractivity contribution >= 4 is 11.8 Å². The Balaban J connectivity index is 1.94. The minimum Gasteiger partial charge on any atom is -0.483 e. The maximum absolute atomic E-state index is 13.8. The van der Waals surface area contributed by atoms with Gasteiger partial charge in [-0.15, -0.1) is 0 Å². The van der Waals surface area contributed by atoms with Crippen LogP contribution in [-0.4, -0.2) is 35.4 Å². The molecule has 3 aromatic carbocycles. The molecule has 0 unspecified atom stereocenters. The van der Waals surface area contributed by atoms with E-state index in [1.165, 1.54) is 0 Å². The molecule has 0 saturated heterocycles. The molecule has 2 amide bonds. The molecule has 0 aliphatic rings. The average Bonchev–Trinajstić information content (AvgIpc) is 2.88. The molecule has 0 bridgehead atoms. The molecule has 3 aromatic rings. The normalized spacial score (nSPS) is 12.5. The van der Waals surface area contributed by atoms with Gasteiger partial charge in [0.05, 0.1) is 0 Å². The summed E-state index contributed by atoms with van der Waals surface area (Å²) in [6.07, 6.45) is 1.23. The highest BCUT2D eigenvalue weighted by Gasteiger charge is 2.31. The Bertz CT molecular complexity index is 1190. The molecule has 0 aliphatic heterocycles. The Kier molecular flexibility index (Phi) is 9.90. The smallest absolute Gasteiger partial charge is 0.261 e. The quantitative estimate of drug-likeness (QED) is 0.359. The molecule has 2 atom stereocenters. The highest BCUT2D eigenvalue weighted by atomic mass is 16.5. The van der Waals surface area contributed by atoms with Crippen molar-refractivity contribution in [2.24, 2.45) is 0 Å². The number of rotatable bonds is 11. The molecule has 0 spiro atoms. The lowest BCUT2D eigenvalue weighted by atomic mass is 10.0. The van der Waals surface area contributed by atoms with Crippen LogP contribution in [0.5, 0.6) is 5.75 Å². The minimum atomic E-state index is -0.672. The van der Waals surface area contributed by atoms with Crippen LogP contribution in [0.1, 0.15) is 53.6 Å². The Morgan fingerprint density at radius 2 is 1.57 bits per heavy atom. The molecule has 196 valence electrons. The summed E-state index contributed by atoms with van der Waals surface area (Å²) in [5.74, 6) is 0.324. The van der Waals surface area contributed by atoms with Crippen molar-refractivity contribution in [3.05, 3.63) is 100 Å². The van der Waals surface area contributed by atoms with E-state index in [2.05, 4.69) is 11.4 Å². The van der Waals surface area contributed by atoms with E-state index in [9.17, 15) is 9.59 Å². The largest absolute Gasteiger partial charge is 0.483 e. The summed E-state index contributed by atoms with van der Waals surface area (Å²) < 4.78 is 6.06. The second-order valence-electron chi connectivity index (χ2n) is 10.0. The molecule has 0 aliphatic carbocycles. The Morgan fingerprint density at radius 3 is 2.22 bits per heavy atom. The van der Waals surface area contributed by atoms with Gasteiger partial charge < -0.3 is 15.0 Å². The summed E-state index contributed by atoms with van der Waals surface area (Å²) in [6, 6.07) is 21.3. The van der Waals surface area contributed by atoms with E-state index in [1.807, 2.05) is 102 Å². The lowest BCUT2D eigenvalue weighted by molar-refractivity contribution is -0.143. The molecule has 1 N–H and O–H groups in total. The fourth-order valence-electron chi connectivity index (χ4n) is 4.26. The van der Waals surface area contributed by atoms with E-state index >= 15 is 0 Å². The lowest BCUT2D eigenvalue weighted by Gasteiger charge is -2.32. The SMILES string of the molecule is CC[C@H](C)NC(=O)[C@@H](Cc1ccccc1)N(Cc1ccc(C)cc1)C(=O)COc1cc(C)cc(C)c1C. The Morgan fingerprint density at radius 1 is 0.892 bits per heavy atom. The molecular formula is C32H40N2O3. The van der Waals surface area contributed by atoms with Gasteiger partial charge in [0, 0.05) is 19.0 Å². The van der Waals surface area contributed by atoms with E-state index in [0.717, 1.165) is 39.8 Å². The van der Waals surface area contributed by atoms with Gasteiger partial charge in [-0.3, -0.25) is 9.59 Å². The van der Waals surface area contributed by atoms with Crippen LogP contribution in [-0.2, 0) is 22.6 Å². The van der Waals surface area contributed by atoms with Crippen LogP contribution < -0.4 is 10.1 Å². The van der Waals surface area contributed by atoms with Gasteiger partial charge in [0.2, 0.25) is 5.91 Å². The number of benzene rings is 3. The summed E-state index contributed by atoms with van der Waals surface area (Å²) in [4.78, 5) is 29.0. The standard InChI is InChI=1S/C32H40N2O3/c1-7-25(5)33-32(36)29(19-27-11-9-8-10-12-27)34(20-28-15-13-22(2)14-16-28)31(35)21-37-30-18-23(3)17-24(4)26(30)6/h8-18,25,29H,7,19-21H2,1-6H3,(H,33,36)/t25-,29+/m0/s1. The Hall–Kier alpha value is -3.60. The summed E-state index contributed by atoms with van der Waals surface area (Å²) in [5, 5.41) is 3.10. The fraction of sp³-hybridized carbons (Fsp3) is 0.375. The van der Waals surface area contributed by atoms with E-state index in [0.29, 0.717) is 18.7 Å². The highest BCUT2D eigenvalue weighted by molar-refractivity contribution is 5.88. The third kappa shape index (κ3) is 7.94. The first-order valence-electron chi connectivity index (χ1n) is 13.1. The van der Waals surface area contributed by atoms with Gasteiger partial charge in [-0.25, -0.2) is 0 Å². The third-order valence-corrected chi connectivity index (χ3v) is 6.86. The van der Waals surface area contributed by atoms with Gasteiger partial charge >= 0.3 is 0 Å². The van der Waals surface area contributed by atoms with Crippen LogP contribution in [0.15, 0.2) is 66.7 Å². The van der Waals surface area contributed by atoms with Gasteiger partial charge in [0.1, 0.15) is 11.8 Å². The maximum Gasteiger partial charge on any atom is 0.261 e. The second-order valence-corrected chi connectivity index (χ2v) is 10.0. The van der Waals surface area contributed by atoms with Crippen LogP contribution in [0, 0.1) is 27.7 Å². The van der Waals surface area contributed by atoms with Crippen molar-refractivity contribution in [2.45, 2.75) is 73.0 Å². The topological polar surface area (TPSA) is 58.6 Å². The predicted octanol–water partition coefficient (Wildman–Crippen LogP) is 5.85. The summed E-state index contributed by atoms with van der Waals surface area (Å²) in [7, 11) is 0. The summed E-state index contributed by atoms with van der Waals surface area (Å²) in [5.41, 5.74) is 6.32. The molecule has 0 heterocycles. The third-order valence-electron chi connectivity index (χ3n) is 6.86. The number of carbonyl (C=O) groups is 2. The number of hydrogen-bond donors (Lipinski definition) is 1. The molecule has 3 rings (SSSR count). The van der Waals surface area contributed by atoms with E-state index in [1.54, 1.807) is 4.90 Å². The van der Waals surface area contributed by atoms with Crippen molar-refractivity contribution in [1.29, 1.82) is 0 Å². The van der Waals surface area contributed by atoms with Crippen molar-refractivity contribution < 1.29 is 14.3 Å². The molecule has 0 saturated carbocycles. The van der Waals surface area contributed by atoms with Crippen LogP contribution in [0.4, 0.5) is 0 Å². The first-order valence-corrected chi connectivity index (χ1v) is 13.1. The molecule has 0 aromatic heterocycles. The average molecular weight is 501 g/mol. The molecule has 0 fully saturated rings. The van der Waals surface area contributed by atoms with Crippen molar-refractivity contribution in [3.63, 3.8) is 0 Å². The number of nitrogens with zero attached hydrogens (tertiary/aromatic N) is 1. The minimum absolute atomic E-state index is 0.0104. The summed E-state index contributed by atoms with van der Waals surface area (Å²) in [6.45, 7) is 12.3. The number of amides is 2. The number of ether oxygens (including phenoxy) is 1. The van der Waals surface area contributed by atoms with Crippen molar-refractivity contribution in [1.82, 2.24) is 10.2 Å². The van der Waals surface area contributed by atoms with Crippen molar-refractivity contribution in [2.75, 3.05) is 6.61 Å². The molecule has 5 nitrogen and oxygen atoms in total. The molecular weight excluding hydrogens is 460 g/mol. The van der Waals surface area contributed by atoms with Crippen LogP contribution in [0.3, 0.4) is 0 Å². The zero-order chi connectivity index (χ0) is 26.9. The lowest BCUT2D eigenvalue weighted by Crippen LogP contribution is -2.53. The van der Waals surface area contributed by atoms with E-state index in [4.69, 9.17) is 4.74 Å². The van der Waals surface area contributed by atoms with Gasteiger partial charge in [-0.2, -0.15) is 0 Å². The number of nitrogens with one attached hydrogen (secondary N) is 1. The fourth-order valence-corrected chi connectivity index (χ4v) is 4.26. The summed E-state index contributed by atoms with van der Waals surface area (Å²) >= 11 is 0. The van der Waals surface area contributed by atoms with Gasteiger partial charge in [-0.1, -0.05) is 73.2 Å². The van der Waals surface area contributed by atoms with Crippen LogP contribution in [0.25, 0.3) is 0 Å². The monoisotopic (exact) mass is 500 g/mol. The van der Waals surface area contributed by atoms with Gasteiger partial charge in [0.15, 0.2) is 6.61 Å². The first-order chi connectivity index (χ1) is 17.7. The number of aryl methyl sites for hydroxylation is 3. The molecule has 0 radical (unpaired) electrons. The van der Waals surface area contributed by atoms with Crippen LogP contribution >= 0.6 is 0 Å². The number of hydrogen-bond acceptors (Lipinski definition) is 3. The zero-order valence-corrected chi connectivity index (χ0v) is 23.0. The van der Waals surface area contributed by atoms with Crippen LogP contribution in [0.2, 0.25) is 0 Å². The van der Waals surface area contributed by atoms with Gasteiger partial charge in [-0.05, 0) is 74.9 Å². The molecule has 5 heteroatoms. The first kappa shape index (κ1) is 28.0. The predicted molar refractivity (Wildman–Crippen MR) is 150 cm³/mol. The molecule has 37 heavy (non-hydrogen) atoms. The van der Waals surface area contributed by atoms with E-state index < -0.39 is 6.04 Å². The maximum atomic E-state index is 13.8. The second kappa shape index (κ2) is 13.1. The van der Waals surface area contributed by atoms with Gasteiger partial charge in [0.25, 0.3) is 5.91 Å².